The van der Waals surface area contributed by atoms with E-state index in [1.165, 1.54) is 42.1 Å². The molecular weight excluding hydrogens is 232 g/mol. The zero-order valence-corrected chi connectivity index (χ0v) is 13.1. The minimum atomic E-state index is 0.797. The van der Waals surface area contributed by atoms with E-state index < -0.39 is 0 Å². The fourth-order valence-corrected chi connectivity index (χ4v) is 3.36. The van der Waals surface area contributed by atoms with Crippen LogP contribution < -0.4 is 0 Å². The number of thioether (sulfide) groups is 1. The number of unbranched alkanes of at least 4 members (excludes halogenated alkanes) is 2. The summed E-state index contributed by atoms with van der Waals surface area (Å²) in [6, 6.07) is 0. The maximum absolute atomic E-state index is 5.42. The topological polar surface area (TPSA) is 0 Å². The minimum Gasteiger partial charge on any atom is -0.119 e. The van der Waals surface area contributed by atoms with Gasteiger partial charge in [-0.15, -0.1) is 11.8 Å². The molecule has 0 N–H and O–H groups in total. The highest BCUT2D eigenvalue weighted by molar-refractivity contribution is 8.23. The Balaban J connectivity index is 3.69. The molecule has 2 heteroatoms. The first kappa shape index (κ1) is 16.4. The Labute approximate surface area is 112 Å². The van der Waals surface area contributed by atoms with Gasteiger partial charge in [-0.1, -0.05) is 59.2 Å². The molecule has 0 nitrogen and oxygen atoms in total. The van der Waals surface area contributed by atoms with Gasteiger partial charge in [0.1, 0.15) is 0 Å². The van der Waals surface area contributed by atoms with Gasteiger partial charge in [-0.3, -0.25) is 0 Å². The Morgan fingerprint density at radius 1 is 1.12 bits per heavy atom. The lowest BCUT2D eigenvalue weighted by molar-refractivity contribution is 0.396. The van der Waals surface area contributed by atoms with Gasteiger partial charge >= 0.3 is 0 Å². The maximum Gasteiger partial charge on any atom is 0.0478 e. The molecule has 1 atom stereocenters. The van der Waals surface area contributed by atoms with E-state index in [2.05, 4.69) is 27.7 Å². The highest BCUT2D eigenvalue weighted by Gasteiger charge is 2.13. The summed E-state index contributed by atoms with van der Waals surface area (Å²) in [7, 11) is 0. The second-order valence-corrected chi connectivity index (χ2v) is 6.80. The molecule has 16 heavy (non-hydrogen) atoms. The van der Waals surface area contributed by atoms with Gasteiger partial charge in [0.2, 0.25) is 0 Å². The Bertz CT molecular complexity index is 176. The summed E-state index contributed by atoms with van der Waals surface area (Å²) in [4.78, 5) is 0. The molecule has 0 saturated heterocycles. The largest absolute Gasteiger partial charge is 0.119 e. The van der Waals surface area contributed by atoms with Crippen molar-refractivity contribution in [3.05, 3.63) is 0 Å². The minimum absolute atomic E-state index is 0.797. The third-order valence-corrected chi connectivity index (χ3v) is 4.72. The molecule has 0 aromatic rings. The SMILES string of the molecule is CCCCCC(=S)SCC(CCC)C(C)C. The van der Waals surface area contributed by atoms with Crippen LogP contribution in [0.2, 0.25) is 0 Å². The van der Waals surface area contributed by atoms with Gasteiger partial charge < -0.3 is 0 Å². The molecule has 0 aliphatic heterocycles. The average Bonchev–Trinajstić information content (AvgIpc) is 2.24. The highest BCUT2D eigenvalue weighted by Crippen LogP contribution is 2.24. The van der Waals surface area contributed by atoms with E-state index in [0.29, 0.717) is 0 Å². The summed E-state index contributed by atoms with van der Waals surface area (Å²) in [5.41, 5.74) is 0. The van der Waals surface area contributed by atoms with Crippen molar-refractivity contribution in [2.75, 3.05) is 5.75 Å². The maximum atomic E-state index is 5.42. The Kier molecular flexibility index (Phi) is 10.9. The molecule has 0 amide bonds. The molecule has 0 aliphatic rings. The van der Waals surface area contributed by atoms with E-state index in [4.69, 9.17) is 12.2 Å². The van der Waals surface area contributed by atoms with Crippen LogP contribution in [0, 0.1) is 11.8 Å². The van der Waals surface area contributed by atoms with Gasteiger partial charge in [0.25, 0.3) is 0 Å². The fourth-order valence-electron chi connectivity index (χ4n) is 1.77. The summed E-state index contributed by atoms with van der Waals surface area (Å²) < 4.78 is 1.23. The van der Waals surface area contributed by atoms with Gasteiger partial charge in [-0.25, -0.2) is 0 Å². The lowest BCUT2D eigenvalue weighted by Crippen LogP contribution is -2.12. The summed E-state index contributed by atoms with van der Waals surface area (Å²) in [5.74, 6) is 2.88. The third-order valence-electron chi connectivity index (χ3n) is 3.05. The van der Waals surface area contributed by atoms with Gasteiger partial charge in [-0.05, 0) is 31.1 Å². The molecule has 0 bridgehead atoms. The first-order chi connectivity index (χ1) is 7.61. The third kappa shape index (κ3) is 8.58. The quantitative estimate of drug-likeness (QED) is 0.385. The Morgan fingerprint density at radius 3 is 2.31 bits per heavy atom. The van der Waals surface area contributed by atoms with Crippen LogP contribution in [0.15, 0.2) is 0 Å². The molecule has 0 aromatic carbocycles. The predicted molar refractivity (Wildman–Crippen MR) is 82.4 cm³/mol. The average molecular weight is 261 g/mol. The second kappa shape index (κ2) is 10.6. The fraction of sp³-hybridized carbons (Fsp3) is 0.929. The molecule has 0 rings (SSSR count). The van der Waals surface area contributed by atoms with Crippen LogP contribution in [-0.4, -0.2) is 9.95 Å². The van der Waals surface area contributed by atoms with Gasteiger partial charge in [0, 0.05) is 9.95 Å². The van der Waals surface area contributed by atoms with E-state index in [9.17, 15) is 0 Å². The highest BCUT2D eigenvalue weighted by atomic mass is 32.2. The lowest BCUT2D eigenvalue weighted by atomic mass is 9.93. The molecule has 0 spiro atoms. The Morgan fingerprint density at radius 2 is 1.81 bits per heavy atom. The zero-order chi connectivity index (χ0) is 12.4. The molecule has 0 heterocycles. The number of hydrogen-bond acceptors (Lipinski definition) is 2. The van der Waals surface area contributed by atoms with Crippen molar-refractivity contribution < 1.29 is 0 Å². The van der Waals surface area contributed by atoms with Gasteiger partial charge in [0.15, 0.2) is 0 Å². The van der Waals surface area contributed by atoms with E-state index in [0.717, 1.165) is 18.3 Å². The van der Waals surface area contributed by atoms with Gasteiger partial charge in [-0.2, -0.15) is 0 Å². The summed E-state index contributed by atoms with van der Waals surface area (Å²) in [6.07, 6.45) is 7.68. The van der Waals surface area contributed by atoms with E-state index in [-0.39, 0.29) is 0 Å². The van der Waals surface area contributed by atoms with E-state index >= 15 is 0 Å². The van der Waals surface area contributed by atoms with Crippen molar-refractivity contribution in [2.24, 2.45) is 11.8 Å². The number of hydrogen-bond donors (Lipinski definition) is 0. The standard InChI is InChI=1S/C14H28S2/c1-5-7-8-10-14(15)16-11-13(9-6-2)12(3)4/h12-13H,5-11H2,1-4H3. The lowest BCUT2D eigenvalue weighted by Gasteiger charge is -2.19. The van der Waals surface area contributed by atoms with Crippen molar-refractivity contribution in [2.45, 2.75) is 66.2 Å². The summed E-state index contributed by atoms with van der Waals surface area (Å²) in [6.45, 7) is 9.19. The zero-order valence-electron chi connectivity index (χ0n) is 11.4. The van der Waals surface area contributed by atoms with Crippen molar-refractivity contribution in [3.63, 3.8) is 0 Å². The summed E-state index contributed by atoms with van der Waals surface area (Å²) in [5, 5.41) is 0. The molecular formula is C14H28S2. The van der Waals surface area contributed by atoms with Crippen molar-refractivity contribution in [3.8, 4) is 0 Å². The molecule has 0 aromatic heterocycles. The van der Waals surface area contributed by atoms with E-state index in [1.807, 2.05) is 11.8 Å². The van der Waals surface area contributed by atoms with Crippen molar-refractivity contribution in [1.29, 1.82) is 0 Å². The number of thiocarbonyl (C=S) groups is 1. The van der Waals surface area contributed by atoms with Crippen LogP contribution in [0.3, 0.4) is 0 Å². The van der Waals surface area contributed by atoms with Gasteiger partial charge in [0.05, 0.1) is 0 Å². The molecule has 0 fully saturated rings. The second-order valence-electron chi connectivity index (χ2n) is 4.93. The molecule has 96 valence electrons. The molecule has 0 aliphatic carbocycles. The Hall–Kier alpha value is 0.440. The monoisotopic (exact) mass is 260 g/mol. The molecule has 1 unspecified atom stereocenters. The summed E-state index contributed by atoms with van der Waals surface area (Å²) >= 11 is 7.35. The van der Waals surface area contributed by atoms with Crippen LogP contribution in [0.1, 0.15) is 66.2 Å². The predicted octanol–water partition coefficient (Wildman–Crippen LogP) is 5.70. The van der Waals surface area contributed by atoms with Crippen LogP contribution in [0.5, 0.6) is 0 Å². The molecule has 0 saturated carbocycles. The van der Waals surface area contributed by atoms with Crippen LogP contribution in [0.25, 0.3) is 0 Å². The van der Waals surface area contributed by atoms with Crippen LogP contribution in [-0.2, 0) is 0 Å². The van der Waals surface area contributed by atoms with Crippen molar-refractivity contribution in [1.82, 2.24) is 0 Å². The normalized spacial score (nSPS) is 13.1. The van der Waals surface area contributed by atoms with Crippen LogP contribution >= 0.6 is 24.0 Å². The smallest absolute Gasteiger partial charge is 0.0478 e. The first-order valence-electron chi connectivity index (χ1n) is 6.77. The van der Waals surface area contributed by atoms with Crippen LogP contribution in [0.4, 0.5) is 0 Å². The number of rotatable bonds is 9. The first-order valence-corrected chi connectivity index (χ1v) is 8.16. The molecule has 0 radical (unpaired) electrons. The van der Waals surface area contributed by atoms with Crippen molar-refractivity contribution >= 4 is 28.2 Å². The van der Waals surface area contributed by atoms with E-state index in [1.54, 1.807) is 0 Å².